The molecule has 2 aromatic heterocycles. The van der Waals surface area contributed by atoms with Gasteiger partial charge in [0.05, 0.1) is 35.2 Å². The predicted molar refractivity (Wildman–Crippen MR) is 217 cm³/mol. The number of fused-ring (bicyclic) bond motifs is 2. The van der Waals surface area contributed by atoms with Crippen LogP contribution < -0.4 is 11.1 Å². The number of amides is 3. The summed E-state index contributed by atoms with van der Waals surface area (Å²) in [7, 11) is 0. The van der Waals surface area contributed by atoms with Crippen molar-refractivity contribution in [3.63, 3.8) is 0 Å². The second-order valence-corrected chi connectivity index (χ2v) is 16.6. The molecule has 2 aliphatic heterocycles. The number of carbonyl (C=O) groups is 3. The molecule has 3 N–H and O–H groups in total. The zero-order valence-electron chi connectivity index (χ0n) is 33.6. The van der Waals surface area contributed by atoms with E-state index >= 15 is 0 Å². The van der Waals surface area contributed by atoms with Gasteiger partial charge in [0.25, 0.3) is 11.8 Å². The number of aromatic nitrogens is 2. The van der Waals surface area contributed by atoms with Gasteiger partial charge in [-0.25, -0.2) is 22.4 Å². The molecule has 0 unspecified atom stereocenters. The highest BCUT2D eigenvalue weighted by molar-refractivity contribution is 6.00. The quantitative estimate of drug-likeness (QED) is 0.149. The Hall–Kier alpha value is -5.63. The fourth-order valence-electron chi connectivity index (χ4n) is 7.93. The van der Waals surface area contributed by atoms with Crippen LogP contribution >= 0.6 is 0 Å². The molecule has 4 aliphatic rings. The number of hydrogen-bond acceptors (Lipinski definition) is 5. The molecule has 59 heavy (non-hydrogen) atoms. The molecule has 8 rings (SSSR count). The van der Waals surface area contributed by atoms with Crippen molar-refractivity contribution in [3.8, 4) is 22.5 Å². The van der Waals surface area contributed by atoms with Gasteiger partial charge in [0.2, 0.25) is 0 Å². The summed E-state index contributed by atoms with van der Waals surface area (Å²) in [4.78, 5) is 41.9. The number of nitrogens with zero attached hydrogens (tertiary/aromatic N) is 4. The van der Waals surface area contributed by atoms with Gasteiger partial charge in [-0.1, -0.05) is 24.3 Å². The van der Waals surface area contributed by atoms with E-state index in [2.05, 4.69) is 5.32 Å². The van der Waals surface area contributed by atoms with Crippen LogP contribution in [0, 0.1) is 11.6 Å². The molecule has 4 aromatic rings. The minimum absolute atomic E-state index is 0.0173. The van der Waals surface area contributed by atoms with Crippen LogP contribution in [0.15, 0.2) is 84.7 Å². The molecular weight excluding hydrogens is 765 g/mol. The Bertz CT molecular complexity index is 2300. The van der Waals surface area contributed by atoms with Crippen molar-refractivity contribution in [2.75, 3.05) is 26.2 Å². The van der Waals surface area contributed by atoms with Crippen molar-refractivity contribution in [2.45, 2.75) is 90.1 Å². The lowest BCUT2D eigenvalue weighted by Gasteiger charge is -2.27. The summed E-state index contributed by atoms with van der Waals surface area (Å²) in [5.41, 5.74) is 11.4. The summed E-state index contributed by atoms with van der Waals surface area (Å²) in [6.07, 6.45) is 9.32. The Morgan fingerprint density at radius 2 is 1.24 bits per heavy atom. The summed E-state index contributed by atoms with van der Waals surface area (Å²) in [6, 6.07) is 13.1. The number of nitrogens with two attached hydrogens (primary N) is 1. The van der Waals surface area contributed by atoms with Crippen molar-refractivity contribution in [1.82, 2.24) is 24.3 Å². The minimum atomic E-state index is -0.665. The SMILES string of the molecule is CC(C)(C)OC(=O)NC/C(=C\F)Cn1cc2c(c1-c1cccc(F)c1)CCN(C1CC1)C2=O.NC/C(=C\F)Cn1cc2c(c1-c1cccc(F)c1)CCN(C1CC1)C2=O. The first-order valence-electron chi connectivity index (χ1n) is 20.1. The number of ether oxygens (including phenoxy) is 1. The summed E-state index contributed by atoms with van der Waals surface area (Å²) in [6.45, 7) is 6.90. The molecule has 0 saturated heterocycles. The monoisotopic (exact) mass is 814 g/mol. The van der Waals surface area contributed by atoms with E-state index in [9.17, 15) is 31.9 Å². The number of benzene rings is 2. The van der Waals surface area contributed by atoms with Gasteiger partial charge in [-0.3, -0.25) is 9.59 Å². The Kier molecular flexibility index (Phi) is 12.2. The van der Waals surface area contributed by atoms with E-state index in [4.69, 9.17) is 10.5 Å². The first-order valence-corrected chi connectivity index (χ1v) is 20.1. The van der Waals surface area contributed by atoms with Crippen LogP contribution in [0.2, 0.25) is 0 Å². The summed E-state index contributed by atoms with van der Waals surface area (Å²) in [5, 5.41) is 2.56. The normalized spacial score (nSPS) is 17.0. The standard InChI is InChI=1S/C25H29F2N3O3.C20H21F2N3O/c1-25(2,3)33-24(32)28-13-16(12-26)14-29-15-21-20(9-10-30(23(21)31)19-7-8-19)22(29)17-5-4-6-18(27)11-17;21-9-13(10-23)11-24-12-18-17(6-7-25(20(18)26)16-4-5-16)19(24)14-2-1-3-15(22)8-14/h4-6,11-12,15,19H,7-10,13-14H2,1-3H3,(H,28,32);1-3,8-9,12,16H,4-7,10-11,23H2/b16-12+;13-9+. The Morgan fingerprint density at radius 3 is 1.63 bits per heavy atom. The number of alkyl carbamates (subject to hydrolysis) is 1. The fourth-order valence-corrected chi connectivity index (χ4v) is 7.93. The van der Waals surface area contributed by atoms with Crippen molar-refractivity contribution < 1.29 is 36.7 Å². The van der Waals surface area contributed by atoms with Gasteiger partial charge >= 0.3 is 6.09 Å². The third-order valence-electron chi connectivity index (χ3n) is 10.9. The van der Waals surface area contributed by atoms with E-state index in [0.29, 0.717) is 84.2 Å². The molecule has 3 amide bonds. The maximum atomic E-state index is 14.0. The molecule has 0 radical (unpaired) electrons. The largest absolute Gasteiger partial charge is 0.444 e. The summed E-state index contributed by atoms with van der Waals surface area (Å²) < 4.78 is 63.5. The van der Waals surface area contributed by atoms with E-state index in [-0.39, 0.29) is 55.2 Å². The van der Waals surface area contributed by atoms with Crippen LogP contribution in [0.3, 0.4) is 0 Å². The zero-order valence-corrected chi connectivity index (χ0v) is 33.6. The predicted octanol–water partition coefficient (Wildman–Crippen LogP) is 8.10. The number of rotatable bonds is 11. The molecule has 14 heteroatoms. The lowest BCUT2D eigenvalue weighted by Crippen LogP contribution is -2.38. The van der Waals surface area contributed by atoms with E-state index in [0.717, 1.165) is 42.5 Å². The van der Waals surface area contributed by atoms with Crippen LogP contribution in [-0.2, 0) is 30.7 Å². The van der Waals surface area contributed by atoms with Crippen LogP contribution in [0.5, 0.6) is 0 Å². The van der Waals surface area contributed by atoms with Gasteiger partial charge in [-0.2, -0.15) is 0 Å². The second-order valence-electron chi connectivity index (χ2n) is 16.6. The van der Waals surface area contributed by atoms with Crippen molar-refractivity contribution in [1.29, 1.82) is 0 Å². The topological polar surface area (TPSA) is 115 Å². The maximum Gasteiger partial charge on any atom is 0.407 e. The molecule has 0 bridgehead atoms. The Labute approximate surface area is 341 Å². The second kappa shape index (κ2) is 17.3. The van der Waals surface area contributed by atoms with E-state index < -0.39 is 11.7 Å². The van der Waals surface area contributed by atoms with Crippen molar-refractivity contribution >= 4 is 17.9 Å². The molecule has 2 fully saturated rings. The van der Waals surface area contributed by atoms with Crippen LogP contribution in [0.1, 0.15) is 78.3 Å². The van der Waals surface area contributed by atoms with E-state index in [1.165, 1.54) is 24.3 Å². The third-order valence-corrected chi connectivity index (χ3v) is 10.9. The average Bonchev–Trinajstić information content (AvgIpc) is 4.14. The lowest BCUT2D eigenvalue weighted by molar-refractivity contribution is 0.0531. The van der Waals surface area contributed by atoms with Crippen LogP contribution in [0.25, 0.3) is 22.5 Å². The highest BCUT2D eigenvalue weighted by atomic mass is 19.1. The molecule has 0 atom stereocenters. The van der Waals surface area contributed by atoms with Gasteiger partial charge in [0.1, 0.15) is 17.2 Å². The third kappa shape index (κ3) is 9.48. The van der Waals surface area contributed by atoms with Gasteiger partial charge in [0, 0.05) is 74.9 Å². The molecule has 0 spiro atoms. The van der Waals surface area contributed by atoms with Gasteiger partial charge in [-0.05, 0) is 106 Å². The molecule has 4 heterocycles. The number of nitrogens with one attached hydrogen (secondary N) is 1. The first-order chi connectivity index (χ1) is 28.3. The number of halogens is 4. The van der Waals surface area contributed by atoms with Crippen LogP contribution in [0.4, 0.5) is 22.4 Å². The van der Waals surface area contributed by atoms with E-state index in [1.807, 2.05) is 20.4 Å². The molecule has 312 valence electrons. The summed E-state index contributed by atoms with van der Waals surface area (Å²) in [5.74, 6) is -0.745. The average molecular weight is 815 g/mol. The number of carbonyl (C=O) groups excluding carboxylic acids is 3. The van der Waals surface area contributed by atoms with Crippen LogP contribution in [-0.4, -0.2) is 80.7 Å². The molecule has 10 nitrogen and oxygen atoms in total. The highest BCUT2D eigenvalue weighted by Gasteiger charge is 2.39. The van der Waals surface area contributed by atoms with Gasteiger partial charge in [0.15, 0.2) is 0 Å². The van der Waals surface area contributed by atoms with Crippen molar-refractivity contribution in [3.05, 3.63) is 119 Å². The summed E-state index contributed by atoms with van der Waals surface area (Å²) >= 11 is 0. The molecule has 2 aromatic carbocycles. The van der Waals surface area contributed by atoms with Gasteiger partial charge < -0.3 is 34.7 Å². The van der Waals surface area contributed by atoms with Crippen molar-refractivity contribution in [2.24, 2.45) is 5.73 Å². The first kappa shape index (κ1) is 41.5. The lowest BCUT2D eigenvalue weighted by atomic mass is 9.98. The maximum absolute atomic E-state index is 14.0. The Balaban J connectivity index is 0.000000184. The molecule has 2 aliphatic carbocycles. The molecular formula is C45H50F4N6O4. The Morgan fingerprint density at radius 1 is 0.780 bits per heavy atom. The molecule has 2 saturated carbocycles. The minimum Gasteiger partial charge on any atom is -0.444 e. The fraction of sp³-hybridized carbons (Fsp3) is 0.400. The zero-order chi connectivity index (χ0) is 42.0. The smallest absolute Gasteiger partial charge is 0.407 e. The van der Waals surface area contributed by atoms with E-state index in [1.54, 1.807) is 55.9 Å². The highest BCUT2D eigenvalue weighted by Crippen LogP contribution is 2.39. The number of hydrogen-bond donors (Lipinski definition) is 2. The van der Waals surface area contributed by atoms with Gasteiger partial charge in [-0.15, -0.1) is 0 Å².